The van der Waals surface area contributed by atoms with E-state index in [1.165, 1.54) is 44.1 Å². The van der Waals surface area contributed by atoms with E-state index >= 15 is 0 Å². The number of nitrogens with zero attached hydrogens (tertiary/aromatic N) is 1. The highest BCUT2D eigenvalue weighted by atomic mass is 35.5. The molecule has 0 spiro atoms. The zero-order valence-corrected chi connectivity index (χ0v) is 13.7. The van der Waals surface area contributed by atoms with Gasteiger partial charge in [0.1, 0.15) is 0 Å². The lowest BCUT2D eigenvalue weighted by Gasteiger charge is -2.27. The van der Waals surface area contributed by atoms with Gasteiger partial charge in [0, 0.05) is 24.2 Å². The van der Waals surface area contributed by atoms with Crippen molar-refractivity contribution < 1.29 is 0 Å². The van der Waals surface area contributed by atoms with Crippen molar-refractivity contribution in [1.29, 1.82) is 0 Å². The second-order valence-corrected chi connectivity index (χ2v) is 6.01. The smallest absolute Gasteiger partial charge is 0.0451 e. The molecule has 1 aromatic rings. The standard InChI is InChI=1S/C17H29ClN2/c1-3-4-5-6-7-11-16(13-19)20(2)14-15-10-8-9-12-17(15)18/h8-10,12,16H,3-7,11,13-14,19H2,1-2H3. The number of rotatable bonds is 10. The molecule has 1 rings (SSSR count). The summed E-state index contributed by atoms with van der Waals surface area (Å²) in [5, 5.41) is 0.845. The van der Waals surface area contributed by atoms with Crippen molar-refractivity contribution >= 4 is 11.6 Å². The Balaban J connectivity index is 2.38. The van der Waals surface area contributed by atoms with E-state index in [1.54, 1.807) is 0 Å². The first-order valence-electron chi connectivity index (χ1n) is 7.82. The summed E-state index contributed by atoms with van der Waals surface area (Å²) in [4.78, 5) is 2.33. The van der Waals surface area contributed by atoms with E-state index in [0.29, 0.717) is 12.6 Å². The lowest BCUT2D eigenvalue weighted by molar-refractivity contribution is 0.222. The van der Waals surface area contributed by atoms with Crippen molar-refractivity contribution in [2.24, 2.45) is 5.73 Å². The summed E-state index contributed by atoms with van der Waals surface area (Å²) in [5.41, 5.74) is 7.11. The second-order valence-electron chi connectivity index (χ2n) is 5.60. The maximum Gasteiger partial charge on any atom is 0.0451 e. The fraction of sp³-hybridized carbons (Fsp3) is 0.647. The van der Waals surface area contributed by atoms with Crippen LogP contribution in [0.25, 0.3) is 0 Å². The number of likely N-dealkylation sites (N-methyl/N-ethyl adjacent to an activating group) is 1. The lowest BCUT2D eigenvalue weighted by atomic mass is 10.0. The molecule has 0 aliphatic carbocycles. The maximum absolute atomic E-state index is 6.22. The SMILES string of the molecule is CCCCCCCC(CN)N(C)Cc1ccccc1Cl. The molecule has 0 aliphatic rings. The van der Waals surface area contributed by atoms with E-state index in [2.05, 4.69) is 24.9 Å². The van der Waals surface area contributed by atoms with Crippen LogP contribution in [-0.2, 0) is 6.54 Å². The van der Waals surface area contributed by atoms with Gasteiger partial charge in [-0.05, 0) is 25.1 Å². The molecule has 0 saturated heterocycles. The largest absolute Gasteiger partial charge is 0.329 e. The highest BCUT2D eigenvalue weighted by Crippen LogP contribution is 2.18. The normalized spacial score (nSPS) is 12.8. The molecule has 0 aliphatic heterocycles. The molecule has 3 heteroatoms. The Morgan fingerprint density at radius 3 is 2.50 bits per heavy atom. The Kier molecular flexibility index (Phi) is 8.92. The van der Waals surface area contributed by atoms with Gasteiger partial charge in [0.15, 0.2) is 0 Å². The highest BCUT2D eigenvalue weighted by molar-refractivity contribution is 6.31. The zero-order valence-electron chi connectivity index (χ0n) is 12.9. The lowest BCUT2D eigenvalue weighted by Crippen LogP contribution is -2.37. The number of halogens is 1. The fourth-order valence-corrected chi connectivity index (χ4v) is 2.72. The third-order valence-electron chi connectivity index (χ3n) is 3.91. The second kappa shape index (κ2) is 10.2. The molecule has 20 heavy (non-hydrogen) atoms. The molecule has 2 nitrogen and oxygen atoms in total. The van der Waals surface area contributed by atoms with E-state index in [0.717, 1.165) is 11.6 Å². The number of nitrogens with two attached hydrogens (primary N) is 1. The van der Waals surface area contributed by atoms with E-state index in [-0.39, 0.29) is 0 Å². The van der Waals surface area contributed by atoms with Crippen LogP contribution in [0.2, 0.25) is 5.02 Å². The Morgan fingerprint density at radius 2 is 1.85 bits per heavy atom. The Bertz CT molecular complexity index is 368. The molecule has 0 saturated carbocycles. The third kappa shape index (κ3) is 6.25. The first kappa shape index (κ1) is 17.5. The van der Waals surface area contributed by atoms with Crippen LogP contribution < -0.4 is 5.73 Å². The van der Waals surface area contributed by atoms with Crippen molar-refractivity contribution in [2.75, 3.05) is 13.6 Å². The van der Waals surface area contributed by atoms with Crippen molar-refractivity contribution in [2.45, 2.75) is 58.0 Å². The Labute approximate surface area is 129 Å². The van der Waals surface area contributed by atoms with Gasteiger partial charge in [0.25, 0.3) is 0 Å². The molecule has 0 amide bonds. The number of benzene rings is 1. The van der Waals surface area contributed by atoms with Crippen LogP contribution in [0.1, 0.15) is 51.0 Å². The van der Waals surface area contributed by atoms with Gasteiger partial charge < -0.3 is 5.73 Å². The first-order chi connectivity index (χ1) is 9.69. The Hall–Kier alpha value is -0.570. The molecule has 1 unspecified atom stereocenters. The third-order valence-corrected chi connectivity index (χ3v) is 4.28. The molecular weight excluding hydrogens is 268 g/mol. The summed E-state index contributed by atoms with van der Waals surface area (Å²) in [6.07, 6.45) is 7.78. The van der Waals surface area contributed by atoms with Gasteiger partial charge in [-0.2, -0.15) is 0 Å². The van der Waals surface area contributed by atoms with Crippen molar-refractivity contribution in [1.82, 2.24) is 4.90 Å². The van der Waals surface area contributed by atoms with Gasteiger partial charge in [-0.3, -0.25) is 4.90 Å². The van der Waals surface area contributed by atoms with Crippen LogP contribution >= 0.6 is 11.6 Å². The maximum atomic E-state index is 6.22. The van der Waals surface area contributed by atoms with Crippen LogP contribution in [0.4, 0.5) is 0 Å². The first-order valence-corrected chi connectivity index (χ1v) is 8.20. The van der Waals surface area contributed by atoms with E-state index in [9.17, 15) is 0 Å². The molecular formula is C17H29ClN2. The van der Waals surface area contributed by atoms with Crippen molar-refractivity contribution in [3.8, 4) is 0 Å². The zero-order chi connectivity index (χ0) is 14.8. The van der Waals surface area contributed by atoms with Gasteiger partial charge in [-0.1, -0.05) is 68.8 Å². The van der Waals surface area contributed by atoms with Crippen LogP contribution in [0, 0.1) is 0 Å². The van der Waals surface area contributed by atoms with Gasteiger partial charge >= 0.3 is 0 Å². The average Bonchev–Trinajstić information content (AvgIpc) is 2.45. The number of hydrogen-bond donors (Lipinski definition) is 1. The predicted molar refractivity (Wildman–Crippen MR) is 89.1 cm³/mol. The van der Waals surface area contributed by atoms with Crippen LogP contribution in [0.5, 0.6) is 0 Å². The summed E-state index contributed by atoms with van der Waals surface area (Å²) in [7, 11) is 2.15. The minimum Gasteiger partial charge on any atom is -0.329 e. The molecule has 1 atom stereocenters. The quantitative estimate of drug-likeness (QED) is 0.646. The summed E-state index contributed by atoms with van der Waals surface area (Å²) < 4.78 is 0. The van der Waals surface area contributed by atoms with Gasteiger partial charge in [-0.25, -0.2) is 0 Å². The minimum absolute atomic E-state index is 0.452. The topological polar surface area (TPSA) is 29.3 Å². The summed E-state index contributed by atoms with van der Waals surface area (Å²) in [6, 6.07) is 8.51. The molecule has 0 heterocycles. The minimum atomic E-state index is 0.452. The van der Waals surface area contributed by atoms with Crippen molar-refractivity contribution in [3.63, 3.8) is 0 Å². The molecule has 0 radical (unpaired) electrons. The average molecular weight is 297 g/mol. The van der Waals surface area contributed by atoms with E-state index in [1.807, 2.05) is 18.2 Å². The van der Waals surface area contributed by atoms with Gasteiger partial charge in [-0.15, -0.1) is 0 Å². The van der Waals surface area contributed by atoms with Crippen LogP contribution in [0.15, 0.2) is 24.3 Å². The summed E-state index contributed by atoms with van der Waals surface area (Å²) >= 11 is 6.22. The molecule has 1 aromatic carbocycles. The monoisotopic (exact) mass is 296 g/mol. The summed E-state index contributed by atoms with van der Waals surface area (Å²) in [5.74, 6) is 0. The molecule has 0 aromatic heterocycles. The van der Waals surface area contributed by atoms with Crippen molar-refractivity contribution in [3.05, 3.63) is 34.9 Å². The van der Waals surface area contributed by atoms with Gasteiger partial charge in [0.05, 0.1) is 0 Å². The van der Waals surface area contributed by atoms with Gasteiger partial charge in [0.2, 0.25) is 0 Å². The summed E-state index contributed by atoms with van der Waals surface area (Å²) in [6.45, 7) is 3.84. The highest BCUT2D eigenvalue weighted by Gasteiger charge is 2.14. The Morgan fingerprint density at radius 1 is 1.15 bits per heavy atom. The number of hydrogen-bond acceptors (Lipinski definition) is 2. The fourth-order valence-electron chi connectivity index (χ4n) is 2.53. The molecule has 0 fully saturated rings. The van der Waals surface area contributed by atoms with E-state index < -0.39 is 0 Å². The van der Waals surface area contributed by atoms with Crippen LogP contribution in [0.3, 0.4) is 0 Å². The number of unbranched alkanes of at least 4 members (excludes halogenated alkanes) is 4. The van der Waals surface area contributed by atoms with Crippen LogP contribution in [-0.4, -0.2) is 24.5 Å². The molecule has 2 N–H and O–H groups in total. The predicted octanol–water partition coefficient (Wildman–Crippen LogP) is 4.46. The molecule has 114 valence electrons. The van der Waals surface area contributed by atoms with E-state index in [4.69, 9.17) is 17.3 Å². The molecule has 0 bridgehead atoms.